The van der Waals surface area contributed by atoms with Crippen LogP contribution >= 0.6 is 0 Å². The lowest BCUT2D eigenvalue weighted by molar-refractivity contribution is 1.22. The van der Waals surface area contributed by atoms with Gasteiger partial charge in [0, 0.05) is 23.2 Å². The van der Waals surface area contributed by atoms with Crippen LogP contribution in [-0.2, 0) is 12.8 Å². The molecule has 2 aliphatic carbocycles. The number of hydrogen-bond donors (Lipinski definition) is 0. The van der Waals surface area contributed by atoms with Crippen LogP contribution in [-0.4, -0.2) is 19.4 Å². The molecule has 162 valence electrons. The van der Waals surface area contributed by atoms with Crippen molar-refractivity contribution in [2.24, 2.45) is 0 Å². The summed E-state index contributed by atoms with van der Waals surface area (Å²) in [5, 5.41) is 3.57. The second-order valence-electron chi connectivity index (χ2n) is 9.74. The highest BCUT2D eigenvalue weighted by atomic mass is 15.1. The Kier molecular flexibility index (Phi) is 3.11. The van der Waals surface area contributed by atoms with Crippen molar-refractivity contribution in [2.45, 2.75) is 12.8 Å². The van der Waals surface area contributed by atoms with Gasteiger partial charge >= 0.3 is 0 Å². The fraction of sp³-hybridized carbons (Fsp3) is 0.0645. The fourth-order valence-corrected chi connectivity index (χ4v) is 6.39. The highest BCUT2D eigenvalue weighted by Crippen LogP contribution is 2.46. The molecule has 0 aliphatic heterocycles. The van der Waals surface area contributed by atoms with Crippen LogP contribution in [0, 0.1) is 0 Å². The molecule has 0 saturated heterocycles. The van der Waals surface area contributed by atoms with Gasteiger partial charge in [0.05, 0.1) is 11.7 Å². The van der Waals surface area contributed by atoms with Crippen molar-refractivity contribution in [3.8, 4) is 22.3 Å². The van der Waals surface area contributed by atoms with Crippen molar-refractivity contribution < 1.29 is 0 Å². The van der Waals surface area contributed by atoms with Gasteiger partial charge in [-0.2, -0.15) is 0 Å². The zero-order valence-corrected chi connectivity index (χ0v) is 18.8. The highest BCUT2D eigenvalue weighted by Gasteiger charge is 2.26. The minimum absolute atomic E-state index is 0.876. The second-order valence-corrected chi connectivity index (χ2v) is 9.74. The number of benzene rings is 3. The summed E-state index contributed by atoms with van der Waals surface area (Å²) in [5.41, 5.74) is 15.0. The molecule has 4 heteroatoms. The second kappa shape index (κ2) is 6.10. The fourth-order valence-electron chi connectivity index (χ4n) is 6.39. The van der Waals surface area contributed by atoms with Gasteiger partial charge in [0.15, 0.2) is 5.65 Å². The van der Waals surface area contributed by atoms with Gasteiger partial charge in [-0.15, -0.1) is 0 Å². The molecule has 9 rings (SSSR count). The molecule has 4 aromatic heterocycles. The third kappa shape index (κ3) is 2.20. The molecule has 4 heterocycles. The SMILES string of the molecule is c1ccc2c(c1)Cc1cc3c(cc1-2)Cc1cc2c(cc1-3)c1ccncc1n1c3ncccc3nc21. The Bertz CT molecular complexity index is 2070. The molecule has 0 radical (unpaired) electrons. The van der Waals surface area contributed by atoms with Gasteiger partial charge in [0.25, 0.3) is 0 Å². The molecule has 0 bridgehead atoms. The molecule has 0 spiro atoms. The summed E-state index contributed by atoms with van der Waals surface area (Å²) in [6.07, 6.45) is 7.62. The lowest BCUT2D eigenvalue weighted by Crippen LogP contribution is -1.94. The van der Waals surface area contributed by atoms with E-state index < -0.39 is 0 Å². The van der Waals surface area contributed by atoms with Crippen LogP contribution < -0.4 is 0 Å². The first-order valence-electron chi connectivity index (χ1n) is 12.0. The van der Waals surface area contributed by atoms with E-state index in [1.54, 1.807) is 0 Å². The maximum Gasteiger partial charge on any atom is 0.165 e. The molecule has 7 aromatic rings. The summed E-state index contributed by atoms with van der Waals surface area (Å²) in [7, 11) is 0. The van der Waals surface area contributed by atoms with Crippen molar-refractivity contribution in [3.05, 3.63) is 108 Å². The Labute approximate surface area is 200 Å². The summed E-state index contributed by atoms with van der Waals surface area (Å²) < 4.78 is 2.17. The normalized spacial score (nSPS) is 13.5. The van der Waals surface area contributed by atoms with Crippen molar-refractivity contribution in [2.75, 3.05) is 0 Å². The summed E-state index contributed by atoms with van der Waals surface area (Å²) in [6.45, 7) is 0. The molecule has 2 aliphatic rings. The number of imidazole rings is 1. The summed E-state index contributed by atoms with van der Waals surface area (Å²) in [5.74, 6) is 0. The van der Waals surface area contributed by atoms with Gasteiger partial charge in [-0.3, -0.25) is 9.38 Å². The lowest BCUT2D eigenvalue weighted by atomic mass is 9.96. The maximum atomic E-state index is 5.02. The molecule has 35 heavy (non-hydrogen) atoms. The number of fused-ring (bicyclic) bond motifs is 14. The largest absolute Gasteiger partial charge is 0.274 e. The van der Waals surface area contributed by atoms with E-state index in [1.807, 2.05) is 30.7 Å². The predicted octanol–water partition coefficient (Wildman–Crippen LogP) is 6.73. The van der Waals surface area contributed by atoms with Gasteiger partial charge in [-0.1, -0.05) is 24.3 Å². The van der Waals surface area contributed by atoms with E-state index in [2.05, 4.69) is 69.0 Å². The Morgan fingerprint density at radius 3 is 2.34 bits per heavy atom. The molecular formula is C31H18N4. The molecular weight excluding hydrogens is 428 g/mol. The van der Waals surface area contributed by atoms with Crippen molar-refractivity contribution in [1.82, 2.24) is 19.4 Å². The molecule has 0 N–H and O–H groups in total. The maximum absolute atomic E-state index is 5.02. The highest BCUT2D eigenvalue weighted by molar-refractivity contribution is 6.15. The van der Waals surface area contributed by atoms with Crippen molar-refractivity contribution >= 4 is 38.5 Å². The monoisotopic (exact) mass is 446 g/mol. The quantitative estimate of drug-likeness (QED) is 0.243. The zero-order chi connectivity index (χ0) is 22.7. The van der Waals surface area contributed by atoms with Gasteiger partial charge in [-0.05, 0) is 105 Å². The van der Waals surface area contributed by atoms with Crippen LogP contribution in [0.2, 0.25) is 0 Å². The van der Waals surface area contributed by atoms with Crippen LogP contribution in [0.1, 0.15) is 22.3 Å². The first-order chi connectivity index (χ1) is 17.3. The van der Waals surface area contributed by atoms with E-state index in [9.17, 15) is 0 Å². The number of pyridine rings is 3. The first kappa shape index (κ1) is 17.8. The number of aromatic nitrogens is 4. The molecule has 0 saturated carbocycles. The lowest BCUT2D eigenvalue weighted by Gasteiger charge is -2.11. The predicted molar refractivity (Wildman–Crippen MR) is 140 cm³/mol. The average Bonchev–Trinajstić information content (AvgIpc) is 3.57. The van der Waals surface area contributed by atoms with Crippen molar-refractivity contribution in [1.29, 1.82) is 0 Å². The van der Waals surface area contributed by atoms with Gasteiger partial charge in [-0.25, -0.2) is 9.97 Å². The summed E-state index contributed by atoms with van der Waals surface area (Å²) in [6, 6.07) is 24.6. The van der Waals surface area contributed by atoms with Crippen molar-refractivity contribution in [3.63, 3.8) is 0 Å². The third-order valence-electron chi connectivity index (χ3n) is 7.92. The van der Waals surface area contributed by atoms with E-state index in [-0.39, 0.29) is 0 Å². The van der Waals surface area contributed by atoms with Crippen LogP contribution in [0.4, 0.5) is 0 Å². The van der Waals surface area contributed by atoms with Crippen LogP contribution in [0.25, 0.3) is 60.7 Å². The minimum atomic E-state index is 0.876. The van der Waals surface area contributed by atoms with E-state index in [4.69, 9.17) is 4.98 Å². The number of rotatable bonds is 0. The van der Waals surface area contributed by atoms with Crippen LogP contribution in [0.15, 0.2) is 85.3 Å². The molecule has 0 atom stereocenters. The molecule has 3 aromatic carbocycles. The van der Waals surface area contributed by atoms with E-state index in [1.165, 1.54) is 60.7 Å². The van der Waals surface area contributed by atoms with Crippen LogP contribution in [0.3, 0.4) is 0 Å². The van der Waals surface area contributed by atoms with Gasteiger partial charge < -0.3 is 0 Å². The zero-order valence-electron chi connectivity index (χ0n) is 18.8. The van der Waals surface area contributed by atoms with Gasteiger partial charge in [0.1, 0.15) is 11.2 Å². The summed E-state index contributed by atoms with van der Waals surface area (Å²) in [4.78, 5) is 14.1. The molecule has 0 unspecified atom stereocenters. The number of hydrogen-bond acceptors (Lipinski definition) is 3. The minimum Gasteiger partial charge on any atom is -0.274 e. The molecule has 0 fully saturated rings. The number of nitrogens with zero attached hydrogens (tertiary/aromatic N) is 4. The van der Waals surface area contributed by atoms with Gasteiger partial charge in [0.2, 0.25) is 0 Å². The molecule has 0 amide bonds. The third-order valence-corrected chi connectivity index (χ3v) is 7.92. The standard InChI is InChI=1S/C31H18N4/c1-2-5-21-17(4-1)10-18-13-24-19(12-23(18)21)11-20-14-27-26(15-25(20)24)22-7-9-32-16-29(22)35-30(27)34-28-6-3-8-33-31(28)35/h1-9,12-16H,10-11H2. The van der Waals surface area contributed by atoms with Crippen LogP contribution in [0.5, 0.6) is 0 Å². The van der Waals surface area contributed by atoms with E-state index in [0.717, 1.165) is 35.2 Å². The topological polar surface area (TPSA) is 43.1 Å². The van der Waals surface area contributed by atoms with E-state index >= 15 is 0 Å². The molecule has 4 nitrogen and oxygen atoms in total. The summed E-state index contributed by atoms with van der Waals surface area (Å²) >= 11 is 0. The Morgan fingerprint density at radius 1 is 0.600 bits per heavy atom. The average molecular weight is 447 g/mol. The smallest absolute Gasteiger partial charge is 0.165 e. The Balaban J connectivity index is 1.37. The Morgan fingerprint density at radius 2 is 1.40 bits per heavy atom. The van der Waals surface area contributed by atoms with E-state index in [0.29, 0.717) is 0 Å². The first-order valence-corrected chi connectivity index (χ1v) is 12.0. The Hall–Kier alpha value is -4.57.